The monoisotopic (exact) mass is 220 g/mol. The van der Waals surface area contributed by atoms with Crippen LogP contribution in [0.2, 0.25) is 0 Å². The van der Waals surface area contributed by atoms with Crippen LogP contribution in [0.25, 0.3) is 10.9 Å². The highest BCUT2D eigenvalue weighted by molar-refractivity contribution is 5.90. The van der Waals surface area contributed by atoms with E-state index < -0.39 is 0 Å². The van der Waals surface area contributed by atoms with Gasteiger partial charge in [0.25, 0.3) is 0 Å². The van der Waals surface area contributed by atoms with Crippen molar-refractivity contribution in [1.29, 1.82) is 0 Å². The molecule has 2 N–H and O–H groups in total. The van der Waals surface area contributed by atoms with Crippen LogP contribution in [-0.2, 0) is 11.2 Å². The molecule has 0 fully saturated rings. The zero-order chi connectivity index (χ0) is 11.7. The number of rotatable bonds is 2. The molecule has 0 aliphatic carbocycles. The van der Waals surface area contributed by atoms with Gasteiger partial charge in [0.15, 0.2) is 0 Å². The molecule has 84 valence electrons. The average molecular weight is 220 g/mol. The quantitative estimate of drug-likeness (QED) is 0.797. The molecule has 0 radical (unpaired) electrons. The molecule has 0 saturated carbocycles. The summed E-state index contributed by atoms with van der Waals surface area (Å²) in [4.78, 5) is 14.5. The molecule has 1 heterocycles. The van der Waals surface area contributed by atoms with Gasteiger partial charge in [0.2, 0.25) is 5.91 Å². The fourth-order valence-corrected chi connectivity index (χ4v) is 1.83. The van der Waals surface area contributed by atoms with Gasteiger partial charge in [0.1, 0.15) is 5.82 Å². The van der Waals surface area contributed by atoms with E-state index >= 15 is 0 Å². The first-order valence-electron chi connectivity index (χ1n) is 5.09. The van der Waals surface area contributed by atoms with Crippen LogP contribution < -0.4 is 5.32 Å². The van der Waals surface area contributed by atoms with Crippen molar-refractivity contribution in [1.82, 2.24) is 10.3 Å². The number of aromatic nitrogens is 1. The summed E-state index contributed by atoms with van der Waals surface area (Å²) < 4.78 is 13.1. The number of aromatic amines is 1. The van der Waals surface area contributed by atoms with Crippen LogP contribution in [0.15, 0.2) is 18.2 Å². The highest BCUT2D eigenvalue weighted by Crippen LogP contribution is 2.23. The van der Waals surface area contributed by atoms with E-state index in [1.165, 1.54) is 12.1 Å². The maximum absolute atomic E-state index is 13.1. The van der Waals surface area contributed by atoms with E-state index in [1.807, 2.05) is 6.92 Å². The Morgan fingerprint density at radius 3 is 2.94 bits per heavy atom. The van der Waals surface area contributed by atoms with Crippen LogP contribution >= 0.6 is 0 Å². The van der Waals surface area contributed by atoms with Crippen LogP contribution in [0.4, 0.5) is 4.39 Å². The molecule has 0 aliphatic rings. The molecule has 0 atom stereocenters. The number of halogens is 1. The van der Waals surface area contributed by atoms with Gasteiger partial charge in [-0.15, -0.1) is 0 Å². The summed E-state index contributed by atoms with van der Waals surface area (Å²) in [6, 6.07) is 4.55. The normalized spacial score (nSPS) is 10.7. The van der Waals surface area contributed by atoms with Gasteiger partial charge in [-0.05, 0) is 30.7 Å². The van der Waals surface area contributed by atoms with Crippen LogP contribution in [0.1, 0.15) is 11.3 Å². The van der Waals surface area contributed by atoms with Gasteiger partial charge in [-0.25, -0.2) is 4.39 Å². The Morgan fingerprint density at radius 1 is 1.50 bits per heavy atom. The molecular formula is C12H13FN2O. The van der Waals surface area contributed by atoms with Gasteiger partial charge in [-0.1, -0.05) is 0 Å². The minimum atomic E-state index is -0.287. The van der Waals surface area contributed by atoms with E-state index in [1.54, 1.807) is 13.1 Å². The predicted molar refractivity (Wildman–Crippen MR) is 60.8 cm³/mol. The summed E-state index contributed by atoms with van der Waals surface area (Å²) in [5.41, 5.74) is 2.62. The molecule has 0 aliphatic heterocycles. The molecule has 0 spiro atoms. The highest BCUT2D eigenvalue weighted by Gasteiger charge is 2.11. The number of benzene rings is 1. The minimum absolute atomic E-state index is 0.0757. The summed E-state index contributed by atoms with van der Waals surface area (Å²) in [6.45, 7) is 1.89. The fourth-order valence-electron chi connectivity index (χ4n) is 1.83. The lowest BCUT2D eigenvalue weighted by molar-refractivity contribution is -0.119. The number of carbonyl (C=O) groups is 1. The lowest BCUT2D eigenvalue weighted by atomic mass is 10.1. The first-order chi connectivity index (χ1) is 7.61. The molecular weight excluding hydrogens is 207 g/mol. The molecule has 0 saturated heterocycles. The minimum Gasteiger partial charge on any atom is -0.359 e. The maximum Gasteiger partial charge on any atom is 0.224 e. The lowest BCUT2D eigenvalue weighted by Crippen LogP contribution is -2.20. The second-order valence-corrected chi connectivity index (χ2v) is 3.77. The van der Waals surface area contributed by atoms with Crippen molar-refractivity contribution >= 4 is 16.8 Å². The smallest absolute Gasteiger partial charge is 0.224 e. The van der Waals surface area contributed by atoms with Gasteiger partial charge in [-0.2, -0.15) is 0 Å². The van der Waals surface area contributed by atoms with Crippen molar-refractivity contribution in [3.05, 3.63) is 35.3 Å². The highest BCUT2D eigenvalue weighted by atomic mass is 19.1. The average Bonchev–Trinajstić information content (AvgIpc) is 2.55. The summed E-state index contributed by atoms with van der Waals surface area (Å²) in [7, 11) is 1.59. The van der Waals surface area contributed by atoms with E-state index in [2.05, 4.69) is 10.3 Å². The number of nitrogens with one attached hydrogen (secondary N) is 2. The van der Waals surface area contributed by atoms with E-state index in [0.717, 1.165) is 22.2 Å². The number of hydrogen-bond acceptors (Lipinski definition) is 1. The van der Waals surface area contributed by atoms with Crippen LogP contribution in [0.3, 0.4) is 0 Å². The van der Waals surface area contributed by atoms with Gasteiger partial charge in [0, 0.05) is 23.6 Å². The Labute approximate surface area is 92.7 Å². The molecule has 2 rings (SSSR count). The van der Waals surface area contributed by atoms with Crippen molar-refractivity contribution in [2.24, 2.45) is 0 Å². The summed E-state index contributed by atoms with van der Waals surface area (Å²) >= 11 is 0. The standard InChI is InChI=1S/C12H13FN2O/c1-7-9(6-12(16)14-2)10-5-8(13)3-4-11(10)15-7/h3-5,15H,6H2,1-2H3,(H,14,16). The van der Waals surface area contributed by atoms with Crippen molar-refractivity contribution < 1.29 is 9.18 Å². The molecule has 4 heteroatoms. The lowest BCUT2D eigenvalue weighted by Gasteiger charge is -2.00. The summed E-state index contributed by atoms with van der Waals surface area (Å²) in [5, 5.41) is 3.34. The van der Waals surface area contributed by atoms with Crippen LogP contribution in [-0.4, -0.2) is 17.9 Å². The number of carbonyl (C=O) groups excluding carboxylic acids is 1. The third-order valence-electron chi connectivity index (χ3n) is 2.70. The topological polar surface area (TPSA) is 44.9 Å². The number of aryl methyl sites for hydroxylation is 1. The van der Waals surface area contributed by atoms with Gasteiger partial charge < -0.3 is 10.3 Å². The Balaban J connectivity index is 2.54. The van der Waals surface area contributed by atoms with Crippen molar-refractivity contribution in [2.75, 3.05) is 7.05 Å². The number of H-pyrrole nitrogens is 1. The van der Waals surface area contributed by atoms with Gasteiger partial charge >= 0.3 is 0 Å². The molecule has 1 amide bonds. The largest absolute Gasteiger partial charge is 0.359 e. The molecule has 3 nitrogen and oxygen atoms in total. The molecule has 16 heavy (non-hydrogen) atoms. The van der Waals surface area contributed by atoms with Crippen LogP contribution in [0, 0.1) is 12.7 Å². The van der Waals surface area contributed by atoms with Crippen molar-refractivity contribution in [3.63, 3.8) is 0 Å². The second kappa shape index (κ2) is 3.96. The first kappa shape index (κ1) is 10.7. The molecule has 1 aromatic heterocycles. The molecule has 2 aromatic rings. The first-order valence-corrected chi connectivity index (χ1v) is 5.09. The Hall–Kier alpha value is -1.84. The SMILES string of the molecule is CNC(=O)Cc1c(C)[nH]c2ccc(F)cc12. The number of hydrogen-bond donors (Lipinski definition) is 2. The number of amides is 1. The third kappa shape index (κ3) is 1.78. The van der Waals surface area contributed by atoms with Crippen molar-refractivity contribution in [3.8, 4) is 0 Å². The van der Waals surface area contributed by atoms with Crippen LogP contribution in [0.5, 0.6) is 0 Å². The van der Waals surface area contributed by atoms with E-state index in [9.17, 15) is 9.18 Å². The van der Waals surface area contributed by atoms with Gasteiger partial charge in [-0.3, -0.25) is 4.79 Å². The maximum atomic E-state index is 13.1. The molecule has 0 unspecified atom stereocenters. The van der Waals surface area contributed by atoms with E-state index in [-0.39, 0.29) is 18.1 Å². The molecule has 1 aromatic carbocycles. The Kier molecular flexibility index (Phi) is 2.64. The predicted octanol–water partition coefficient (Wildman–Crippen LogP) is 1.90. The Bertz CT molecular complexity index is 545. The van der Waals surface area contributed by atoms with E-state index in [0.29, 0.717) is 0 Å². The Morgan fingerprint density at radius 2 is 2.25 bits per heavy atom. The van der Waals surface area contributed by atoms with Crippen molar-refractivity contribution in [2.45, 2.75) is 13.3 Å². The zero-order valence-electron chi connectivity index (χ0n) is 9.23. The summed E-state index contributed by atoms with van der Waals surface area (Å²) in [5.74, 6) is -0.363. The summed E-state index contributed by atoms with van der Waals surface area (Å²) in [6.07, 6.45) is 0.270. The second-order valence-electron chi connectivity index (χ2n) is 3.77. The number of fused-ring (bicyclic) bond motifs is 1. The van der Waals surface area contributed by atoms with Gasteiger partial charge in [0.05, 0.1) is 6.42 Å². The van der Waals surface area contributed by atoms with E-state index in [4.69, 9.17) is 0 Å². The third-order valence-corrected chi connectivity index (χ3v) is 2.70. The number of likely N-dealkylation sites (N-methyl/N-ethyl adjacent to an activating group) is 1. The fraction of sp³-hybridized carbons (Fsp3) is 0.250. The zero-order valence-corrected chi connectivity index (χ0v) is 9.23. The molecule has 0 bridgehead atoms.